The lowest BCUT2D eigenvalue weighted by atomic mass is 10.0. The molecule has 0 bridgehead atoms. The highest BCUT2D eigenvalue weighted by molar-refractivity contribution is 6.14. The van der Waals surface area contributed by atoms with Crippen molar-refractivity contribution >= 4 is 11.9 Å². The molecule has 96 valence electrons. The average molecular weight is 240 g/mol. The molecule has 0 aliphatic carbocycles. The molecule has 0 radical (unpaired) electrons. The van der Waals surface area contributed by atoms with Crippen LogP contribution in [0.4, 0.5) is 0 Å². The monoisotopic (exact) mass is 240 g/mol. The molecular weight excluding hydrogens is 220 g/mol. The van der Waals surface area contributed by atoms with Gasteiger partial charge in [0.25, 0.3) is 5.79 Å². The molecule has 0 aromatic heterocycles. The fourth-order valence-electron chi connectivity index (χ4n) is 1.79. The topological polar surface area (TPSA) is 52.6 Å². The van der Waals surface area contributed by atoms with Gasteiger partial charge in [0, 0.05) is 12.8 Å². The molecule has 1 saturated heterocycles. The van der Waals surface area contributed by atoms with Gasteiger partial charge in [0.05, 0.1) is 0 Å². The van der Waals surface area contributed by atoms with Gasteiger partial charge >= 0.3 is 11.9 Å². The number of unbranched alkanes of at least 4 members (excludes halogenated alkanes) is 2. The molecule has 0 aromatic rings. The van der Waals surface area contributed by atoms with Crippen LogP contribution in [0.3, 0.4) is 0 Å². The lowest BCUT2D eigenvalue weighted by molar-refractivity contribution is -0.240. The highest BCUT2D eigenvalue weighted by Gasteiger charge is 2.44. The smallest absolute Gasteiger partial charge is 0.348 e. The minimum absolute atomic E-state index is 0.214. The normalized spacial score (nSPS) is 18.8. The summed E-state index contributed by atoms with van der Waals surface area (Å²) in [6.07, 6.45) is 4.77. The first kappa shape index (κ1) is 13.7. The lowest BCUT2D eigenvalue weighted by Crippen LogP contribution is -2.46. The first-order valence-electron chi connectivity index (χ1n) is 6.20. The second kappa shape index (κ2) is 5.84. The Balaban J connectivity index is 2.78. The minimum atomic E-state index is -1.05. The zero-order valence-electron chi connectivity index (χ0n) is 10.6. The molecule has 1 heterocycles. The van der Waals surface area contributed by atoms with Gasteiger partial charge in [-0.25, -0.2) is 9.59 Å². The molecule has 0 atom stereocenters. The van der Waals surface area contributed by atoms with Crippen LogP contribution in [0.25, 0.3) is 0 Å². The molecule has 0 N–H and O–H groups in total. The molecule has 0 unspecified atom stereocenters. The second-order valence-electron chi connectivity index (χ2n) is 4.38. The molecule has 4 heteroatoms. The Morgan fingerprint density at radius 3 is 1.76 bits per heavy atom. The summed E-state index contributed by atoms with van der Waals surface area (Å²) in [5, 5.41) is 0. The summed E-state index contributed by atoms with van der Waals surface area (Å²) in [5.74, 6) is -2.34. The van der Waals surface area contributed by atoms with Gasteiger partial charge < -0.3 is 9.47 Å². The maximum atomic E-state index is 11.5. The van der Waals surface area contributed by atoms with Crippen molar-refractivity contribution in [3.63, 3.8) is 0 Å². The second-order valence-corrected chi connectivity index (χ2v) is 4.38. The van der Waals surface area contributed by atoms with Gasteiger partial charge in [-0.3, -0.25) is 0 Å². The van der Waals surface area contributed by atoms with E-state index in [-0.39, 0.29) is 5.57 Å². The SMILES string of the molecule is C=C1C(=O)OC(CCCC)(CCCC)OC1=O. The van der Waals surface area contributed by atoms with E-state index >= 15 is 0 Å². The van der Waals surface area contributed by atoms with Gasteiger partial charge in [-0.05, 0) is 12.8 Å². The molecule has 0 amide bonds. The van der Waals surface area contributed by atoms with Gasteiger partial charge in [0.2, 0.25) is 0 Å². The van der Waals surface area contributed by atoms with E-state index in [0.717, 1.165) is 25.7 Å². The van der Waals surface area contributed by atoms with Crippen LogP contribution in [0.1, 0.15) is 52.4 Å². The standard InChI is InChI=1S/C13H20O4/c1-4-6-8-13(9-7-5-2)16-11(14)10(3)12(15)17-13/h3-9H2,1-2H3. The molecule has 0 saturated carbocycles. The number of hydrogen-bond donors (Lipinski definition) is 0. The Labute approximate surface area is 102 Å². The maximum absolute atomic E-state index is 11.5. The van der Waals surface area contributed by atoms with Crippen molar-refractivity contribution < 1.29 is 19.1 Å². The Bertz CT molecular complexity index is 289. The molecule has 0 aromatic carbocycles. The van der Waals surface area contributed by atoms with Gasteiger partial charge in [-0.2, -0.15) is 0 Å². The zero-order chi connectivity index (χ0) is 12.9. The summed E-state index contributed by atoms with van der Waals surface area (Å²) in [7, 11) is 0. The van der Waals surface area contributed by atoms with Crippen LogP contribution in [-0.2, 0) is 19.1 Å². The van der Waals surface area contributed by atoms with Crippen molar-refractivity contribution in [2.45, 2.75) is 58.2 Å². The Morgan fingerprint density at radius 2 is 1.41 bits per heavy atom. The Morgan fingerprint density at radius 1 is 1.00 bits per heavy atom. The number of carbonyl (C=O) groups excluding carboxylic acids is 2. The lowest BCUT2D eigenvalue weighted by Gasteiger charge is -2.36. The molecule has 1 aliphatic heterocycles. The van der Waals surface area contributed by atoms with E-state index in [1.807, 2.05) is 13.8 Å². The fraction of sp³-hybridized carbons (Fsp3) is 0.692. The van der Waals surface area contributed by atoms with Crippen LogP contribution in [0.2, 0.25) is 0 Å². The van der Waals surface area contributed by atoms with E-state index < -0.39 is 17.7 Å². The summed E-state index contributed by atoms with van der Waals surface area (Å²) < 4.78 is 10.6. The molecule has 4 nitrogen and oxygen atoms in total. The molecular formula is C13H20O4. The van der Waals surface area contributed by atoms with Crippen molar-refractivity contribution in [1.82, 2.24) is 0 Å². The van der Waals surface area contributed by atoms with E-state index in [0.29, 0.717) is 12.8 Å². The summed E-state index contributed by atoms with van der Waals surface area (Å²) in [6, 6.07) is 0. The minimum Gasteiger partial charge on any atom is -0.419 e. The highest BCUT2D eigenvalue weighted by atomic mass is 16.7. The van der Waals surface area contributed by atoms with E-state index in [9.17, 15) is 9.59 Å². The third kappa shape index (κ3) is 3.32. The van der Waals surface area contributed by atoms with Crippen LogP contribution >= 0.6 is 0 Å². The number of cyclic esters (lactones) is 2. The first-order chi connectivity index (χ1) is 8.04. The Kier molecular flexibility index (Phi) is 4.73. The van der Waals surface area contributed by atoms with Crippen LogP contribution in [-0.4, -0.2) is 17.7 Å². The summed E-state index contributed by atoms with van der Waals surface area (Å²) in [6.45, 7) is 7.43. The van der Waals surface area contributed by atoms with Gasteiger partial charge in [0.1, 0.15) is 5.57 Å². The van der Waals surface area contributed by atoms with Crippen molar-refractivity contribution in [3.05, 3.63) is 12.2 Å². The van der Waals surface area contributed by atoms with Crippen LogP contribution in [0.5, 0.6) is 0 Å². The average Bonchev–Trinajstić information content (AvgIpc) is 2.31. The van der Waals surface area contributed by atoms with Crippen LogP contribution in [0.15, 0.2) is 12.2 Å². The number of esters is 2. The first-order valence-corrected chi connectivity index (χ1v) is 6.20. The molecule has 1 rings (SSSR count). The molecule has 1 fully saturated rings. The number of hydrogen-bond acceptors (Lipinski definition) is 4. The van der Waals surface area contributed by atoms with Gasteiger partial charge in [-0.15, -0.1) is 0 Å². The van der Waals surface area contributed by atoms with Crippen molar-refractivity contribution in [2.24, 2.45) is 0 Å². The summed E-state index contributed by atoms with van der Waals surface area (Å²) in [4.78, 5) is 23.0. The third-order valence-corrected chi connectivity index (χ3v) is 2.87. The van der Waals surface area contributed by atoms with Crippen LogP contribution < -0.4 is 0 Å². The van der Waals surface area contributed by atoms with Gasteiger partial charge in [-0.1, -0.05) is 33.3 Å². The number of carbonyl (C=O) groups is 2. The fourth-order valence-corrected chi connectivity index (χ4v) is 1.79. The highest BCUT2D eigenvalue weighted by Crippen LogP contribution is 2.32. The van der Waals surface area contributed by atoms with Crippen molar-refractivity contribution in [2.75, 3.05) is 0 Å². The zero-order valence-corrected chi connectivity index (χ0v) is 10.6. The third-order valence-electron chi connectivity index (χ3n) is 2.87. The number of ether oxygens (including phenoxy) is 2. The van der Waals surface area contributed by atoms with E-state index in [2.05, 4.69) is 6.58 Å². The van der Waals surface area contributed by atoms with Crippen LogP contribution in [0, 0.1) is 0 Å². The van der Waals surface area contributed by atoms with E-state index in [1.54, 1.807) is 0 Å². The number of rotatable bonds is 6. The van der Waals surface area contributed by atoms with Crippen molar-refractivity contribution in [1.29, 1.82) is 0 Å². The van der Waals surface area contributed by atoms with E-state index in [4.69, 9.17) is 9.47 Å². The molecule has 1 aliphatic rings. The summed E-state index contributed by atoms with van der Waals surface area (Å²) in [5.41, 5.74) is -0.214. The summed E-state index contributed by atoms with van der Waals surface area (Å²) >= 11 is 0. The van der Waals surface area contributed by atoms with Crippen molar-refractivity contribution in [3.8, 4) is 0 Å². The molecule has 17 heavy (non-hydrogen) atoms. The van der Waals surface area contributed by atoms with E-state index in [1.165, 1.54) is 0 Å². The Hall–Kier alpha value is -1.32. The maximum Gasteiger partial charge on any atom is 0.348 e. The molecule has 0 spiro atoms. The quantitative estimate of drug-likeness (QED) is 0.407. The largest absolute Gasteiger partial charge is 0.419 e. The predicted octanol–water partition coefficient (Wildman–Crippen LogP) is 2.72. The predicted molar refractivity (Wildman–Crippen MR) is 63.1 cm³/mol. The van der Waals surface area contributed by atoms with Gasteiger partial charge in [0.15, 0.2) is 0 Å².